The number of rotatable bonds is 9. The maximum atomic E-state index is 15.3. The lowest BCUT2D eigenvalue weighted by atomic mass is 9.91. The highest BCUT2D eigenvalue weighted by molar-refractivity contribution is 6.06. The molecule has 7 bridgehead atoms. The average Bonchev–Trinajstić information content (AvgIpc) is 4.17. The smallest absolute Gasteiger partial charge is 0.326 e. The van der Waals surface area contributed by atoms with Crippen molar-refractivity contribution >= 4 is 75.7 Å². The summed E-state index contributed by atoms with van der Waals surface area (Å²) in [6.45, 7) is 10.6. The van der Waals surface area contributed by atoms with Crippen LogP contribution >= 0.6 is 0 Å². The molecular weight excluding hydrogens is 957 g/mol. The summed E-state index contributed by atoms with van der Waals surface area (Å²) in [7, 11) is 0. The largest absolute Gasteiger partial charge is 0.480 e. The molecule has 0 radical (unpaired) electrons. The van der Waals surface area contributed by atoms with Crippen molar-refractivity contribution in [3.63, 3.8) is 0 Å². The number of aliphatic imine (C=N–C) groups is 1. The van der Waals surface area contributed by atoms with Crippen molar-refractivity contribution in [2.24, 2.45) is 22.4 Å². The van der Waals surface area contributed by atoms with Gasteiger partial charge in [-0.3, -0.25) is 47.9 Å². The number of aromatic nitrogens is 3. The second-order valence-corrected chi connectivity index (χ2v) is 20.1. The van der Waals surface area contributed by atoms with Crippen LogP contribution in [0.3, 0.4) is 0 Å². The third-order valence-corrected chi connectivity index (χ3v) is 13.5. The second-order valence-electron chi connectivity index (χ2n) is 20.1. The first-order valence-corrected chi connectivity index (χ1v) is 24.8. The zero-order valence-corrected chi connectivity index (χ0v) is 42.3. The number of guanidine groups is 1. The Morgan fingerprint density at radius 3 is 2.28 bits per heavy atom. The Bertz CT molecular complexity index is 2850. The first-order chi connectivity index (χ1) is 35.1. The van der Waals surface area contributed by atoms with Crippen LogP contribution in [-0.2, 0) is 56.0 Å². The van der Waals surface area contributed by atoms with Crippen molar-refractivity contribution < 1.29 is 48.3 Å². The minimum Gasteiger partial charge on any atom is -0.480 e. The van der Waals surface area contributed by atoms with Gasteiger partial charge < -0.3 is 63.7 Å². The molecule has 7 atom stereocenters. The predicted octanol–water partition coefficient (Wildman–Crippen LogP) is -0.453. The highest BCUT2D eigenvalue weighted by atomic mass is 16.4. The maximum Gasteiger partial charge on any atom is 0.326 e. The minimum absolute atomic E-state index is 0.00151. The molecule has 1 aromatic carbocycles. The van der Waals surface area contributed by atoms with Gasteiger partial charge >= 0.3 is 5.97 Å². The minimum atomic E-state index is -1.50. The highest BCUT2D eigenvalue weighted by Crippen LogP contribution is 2.33. The van der Waals surface area contributed by atoms with Crippen molar-refractivity contribution in [1.29, 1.82) is 0 Å². The van der Waals surface area contributed by atoms with Crippen LogP contribution in [0.15, 0.2) is 52.6 Å². The van der Waals surface area contributed by atoms with Crippen LogP contribution in [0.25, 0.3) is 22.3 Å². The normalized spacial score (nSPS) is 24.1. The van der Waals surface area contributed by atoms with Crippen LogP contribution in [-0.4, -0.2) is 139 Å². The van der Waals surface area contributed by atoms with Crippen LogP contribution in [0, 0.1) is 5.92 Å². The van der Waals surface area contributed by atoms with Gasteiger partial charge in [-0.2, -0.15) is 0 Å². The van der Waals surface area contributed by atoms with E-state index in [-0.39, 0.29) is 93.6 Å². The molecule has 2 aromatic heterocycles. The van der Waals surface area contributed by atoms with E-state index in [0.29, 0.717) is 51.0 Å². The summed E-state index contributed by atoms with van der Waals surface area (Å²) in [6.07, 6.45) is 3.74. The molecule has 0 saturated carbocycles. The number of imidazole rings is 1. The third kappa shape index (κ3) is 12.2. The Morgan fingerprint density at radius 1 is 0.878 bits per heavy atom. The molecule has 5 aliphatic rings. The molecule has 0 aliphatic carbocycles. The summed E-state index contributed by atoms with van der Waals surface area (Å²) in [5, 5.41) is 30.2. The zero-order valence-electron chi connectivity index (χ0n) is 42.3. The van der Waals surface area contributed by atoms with Crippen molar-refractivity contribution in [1.82, 2.24) is 56.7 Å². The molecule has 2 saturated heterocycles. The summed E-state index contributed by atoms with van der Waals surface area (Å²) in [6, 6.07) is -3.58. The molecule has 24 heteroatoms. The van der Waals surface area contributed by atoms with E-state index in [9.17, 15) is 43.5 Å². The van der Waals surface area contributed by atoms with E-state index in [1.807, 2.05) is 13.8 Å². The number of carboxylic acids is 1. The number of carboxylic acid groups (broad SMARTS) is 1. The Hall–Kier alpha value is -8.05. The van der Waals surface area contributed by atoms with E-state index in [1.54, 1.807) is 56.7 Å². The molecule has 8 amide bonds. The van der Waals surface area contributed by atoms with E-state index in [4.69, 9.17) is 11.5 Å². The van der Waals surface area contributed by atoms with Gasteiger partial charge in [-0.15, -0.1) is 0 Å². The quantitative estimate of drug-likeness (QED) is 0.0426. The molecular formula is C50H66N14O10. The standard InChI is InChI=1S/C50H66N14O10/c1-23(2)17-33-44(68)61-39(25(5)6)46(70)59-34-20-29-28-12-11-26(38(24(3)4)40(47(71)58-33)62-43(67)31-13-14-37(65)55-31)18-32(28)56-41(29)63-21-27(54-22-63)19-35(49(73)74)60-42(66)30(9-7-15-53-50(51)52)57-45(69)36-10-8-16-64(36)48(34)72/h11-12,18,21-23,30-31,33-36,40,56H,7-10,13-17,19-20H2,1-6H3,(H,55,65)(H,57,69)(H,58,71)(H,59,70)(H,60,66)(H,61,68)(H,62,67)(H,73,74)(H4,51,52,53)/t30-,31+,33-,34-,35+,36-,40+/m1/s1. The molecule has 13 N–H and O–H groups in total. The summed E-state index contributed by atoms with van der Waals surface area (Å²) in [5.74, 6) is -6.73. The Morgan fingerprint density at radius 2 is 1.62 bits per heavy atom. The number of allylic oxidation sites excluding steroid dienone is 2. The van der Waals surface area contributed by atoms with Gasteiger partial charge in [0.2, 0.25) is 41.4 Å². The molecule has 5 aliphatic heterocycles. The van der Waals surface area contributed by atoms with Gasteiger partial charge in [0.1, 0.15) is 60.1 Å². The lowest BCUT2D eigenvalue weighted by Crippen LogP contribution is -2.58. The van der Waals surface area contributed by atoms with Crippen molar-refractivity contribution in [3.8, 4) is 5.82 Å². The number of aromatic amines is 1. The van der Waals surface area contributed by atoms with Gasteiger partial charge in [-0.25, -0.2) is 9.78 Å². The zero-order chi connectivity index (χ0) is 53.7. The lowest BCUT2D eigenvalue weighted by Gasteiger charge is -2.30. The number of aliphatic carboxylic acids is 1. The molecule has 8 rings (SSSR count). The third-order valence-electron chi connectivity index (χ3n) is 13.5. The van der Waals surface area contributed by atoms with E-state index in [2.05, 4.69) is 52.2 Å². The molecule has 0 unspecified atom stereocenters. The summed E-state index contributed by atoms with van der Waals surface area (Å²) < 4.78 is 1.59. The van der Waals surface area contributed by atoms with E-state index in [0.717, 1.165) is 0 Å². The number of amides is 8. The average molecular weight is 1020 g/mol. The van der Waals surface area contributed by atoms with Gasteiger partial charge in [0, 0.05) is 55.0 Å². The SMILES string of the molecule is CC(C)=C1NC(=O)[C@@H](CC(C)C)NC(=O)[C@@H](NC(=O)[C@@H]2CCC(=O)N2)C(=C(C)C)c2ccc3c4c([nH]c3c2)-n2cnc(c2)C[C@@H](C(=O)O)NC(=O)[C@@H](CCCN=C(N)N)NC(=O)[C@H]2CCCN2C(=O)[C@@H](C4)NC1=O. The first kappa shape index (κ1) is 53.7. The molecule has 396 valence electrons. The molecule has 3 aromatic rings. The fourth-order valence-electron chi connectivity index (χ4n) is 9.93. The molecule has 7 heterocycles. The van der Waals surface area contributed by atoms with Crippen molar-refractivity contribution in [2.75, 3.05) is 13.1 Å². The Balaban J connectivity index is 1.42. The van der Waals surface area contributed by atoms with Crippen LogP contribution < -0.4 is 48.7 Å². The lowest BCUT2D eigenvalue weighted by molar-refractivity contribution is -0.143. The van der Waals surface area contributed by atoms with E-state index >= 15 is 4.79 Å². The van der Waals surface area contributed by atoms with Gasteiger partial charge in [0.15, 0.2) is 5.96 Å². The number of fused-ring (bicyclic) bond motifs is 14. The fraction of sp³-hybridized carbons (Fsp3) is 0.500. The fourth-order valence-corrected chi connectivity index (χ4v) is 9.93. The van der Waals surface area contributed by atoms with Crippen LogP contribution in [0.5, 0.6) is 0 Å². The number of nitrogens with one attached hydrogen (secondary N) is 8. The Kier molecular flexibility index (Phi) is 16.6. The monoisotopic (exact) mass is 1020 g/mol. The van der Waals surface area contributed by atoms with Crippen LogP contribution in [0.2, 0.25) is 0 Å². The van der Waals surface area contributed by atoms with Crippen LogP contribution in [0.1, 0.15) is 103 Å². The summed E-state index contributed by atoms with van der Waals surface area (Å²) in [4.78, 5) is 140. The number of benzene rings is 1. The van der Waals surface area contributed by atoms with Crippen molar-refractivity contribution in [3.05, 3.63) is 64.4 Å². The maximum absolute atomic E-state index is 15.3. The number of nitrogens with two attached hydrogens (primary N) is 2. The van der Waals surface area contributed by atoms with E-state index < -0.39 is 89.6 Å². The second kappa shape index (κ2) is 22.8. The number of hydrogen-bond donors (Lipinski definition) is 11. The van der Waals surface area contributed by atoms with Crippen molar-refractivity contribution in [2.45, 2.75) is 142 Å². The van der Waals surface area contributed by atoms with E-state index in [1.165, 1.54) is 11.2 Å². The predicted molar refractivity (Wildman–Crippen MR) is 270 cm³/mol. The van der Waals surface area contributed by atoms with Gasteiger partial charge in [0.05, 0.1) is 5.69 Å². The number of carbonyl (C=O) groups excluding carboxylic acids is 8. The van der Waals surface area contributed by atoms with Gasteiger partial charge in [-0.1, -0.05) is 31.6 Å². The number of nitrogens with zero attached hydrogens (tertiary/aromatic N) is 4. The highest BCUT2D eigenvalue weighted by Gasteiger charge is 2.41. The number of hydrogen-bond acceptors (Lipinski definition) is 11. The first-order valence-electron chi connectivity index (χ1n) is 24.8. The topological polar surface area (TPSA) is 359 Å². The summed E-state index contributed by atoms with van der Waals surface area (Å²) in [5.41, 5.74) is 13.8. The van der Waals surface area contributed by atoms with Gasteiger partial charge in [-0.05, 0) is 94.9 Å². The van der Waals surface area contributed by atoms with Gasteiger partial charge in [0.25, 0.3) is 5.91 Å². The Labute approximate surface area is 426 Å². The number of H-pyrrole nitrogens is 1. The molecule has 24 nitrogen and oxygen atoms in total. The van der Waals surface area contributed by atoms with Crippen LogP contribution in [0.4, 0.5) is 0 Å². The molecule has 2 fully saturated rings. The molecule has 0 spiro atoms. The summed E-state index contributed by atoms with van der Waals surface area (Å²) >= 11 is 0. The number of carbonyl (C=O) groups is 9. The molecule has 74 heavy (non-hydrogen) atoms.